The van der Waals surface area contributed by atoms with Gasteiger partial charge in [-0.3, -0.25) is 9.69 Å². The number of aromatic nitrogens is 2. The third kappa shape index (κ3) is 3.28. The van der Waals surface area contributed by atoms with Gasteiger partial charge < -0.3 is 24.6 Å². The van der Waals surface area contributed by atoms with Gasteiger partial charge in [0, 0.05) is 31.7 Å². The van der Waals surface area contributed by atoms with Crippen molar-refractivity contribution in [2.45, 2.75) is 13.1 Å². The van der Waals surface area contributed by atoms with Gasteiger partial charge in [0.1, 0.15) is 0 Å². The number of hydrogen-bond donors (Lipinski definition) is 1. The number of nitrogens with two attached hydrogens (primary N) is 1. The molecular weight excluding hydrogens is 326 g/mol. The summed E-state index contributed by atoms with van der Waals surface area (Å²) in [5.74, 6) is 2.36. The molecule has 9 nitrogen and oxygen atoms in total. The van der Waals surface area contributed by atoms with Crippen molar-refractivity contribution < 1.29 is 18.8 Å². The number of hydrogen-bond acceptors (Lipinski definition) is 8. The number of amides is 1. The highest BCUT2D eigenvalue weighted by molar-refractivity contribution is 5.95. The average Bonchev–Trinajstić information content (AvgIpc) is 3.30. The van der Waals surface area contributed by atoms with Crippen molar-refractivity contribution >= 4 is 5.91 Å². The molecule has 1 amide bonds. The molecule has 1 fully saturated rings. The Bertz CT molecular complexity index is 770. The first-order valence-corrected chi connectivity index (χ1v) is 8.16. The van der Waals surface area contributed by atoms with E-state index in [1.54, 1.807) is 18.2 Å². The minimum atomic E-state index is 0.00271. The molecule has 4 rings (SSSR count). The topological polar surface area (TPSA) is 107 Å². The fourth-order valence-corrected chi connectivity index (χ4v) is 2.96. The number of ether oxygens (including phenoxy) is 2. The maximum absolute atomic E-state index is 12.7. The van der Waals surface area contributed by atoms with Crippen LogP contribution < -0.4 is 15.2 Å². The summed E-state index contributed by atoms with van der Waals surface area (Å²) in [5.41, 5.74) is 6.08. The Labute approximate surface area is 144 Å². The van der Waals surface area contributed by atoms with E-state index < -0.39 is 0 Å². The number of carbonyl (C=O) groups is 1. The number of nitrogens with zero attached hydrogens (tertiary/aromatic N) is 4. The van der Waals surface area contributed by atoms with Crippen molar-refractivity contribution in [1.82, 2.24) is 19.9 Å². The van der Waals surface area contributed by atoms with Crippen LogP contribution in [0.5, 0.6) is 11.5 Å². The molecule has 1 saturated heterocycles. The van der Waals surface area contributed by atoms with Crippen LogP contribution in [-0.4, -0.2) is 58.8 Å². The third-order valence-electron chi connectivity index (χ3n) is 4.33. The van der Waals surface area contributed by atoms with Gasteiger partial charge >= 0.3 is 0 Å². The summed E-state index contributed by atoms with van der Waals surface area (Å²) in [4.78, 5) is 20.9. The molecule has 0 spiro atoms. The molecule has 1 aromatic carbocycles. The second kappa shape index (κ2) is 6.69. The van der Waals surface area contributed by atoms with Crippen molar-refractivity contribution in [2.75, 3.05) is 33.0 Å². The summed E-state index contributed by atoms with van der Waals surface area (Å²) >= 11 is 0. The zero-order valence-electron chi connectivity index (χ0n) is 13.7. The quantitative estimate of drug-likeness (QED) is 0.838. The van der Waals surface area contributed by atoms with Crippen molar-refractivity contribution in [3.8, 4) is 11.5 Å². The van der Waals surface area contributed by atoms with Crippen LogP contribution in [0.25, 0.3) is 0 Å². The summed E-state index contributed by atoms with van der Waals surface area (Å²) < 4.78 is 15.6. The van der Waals surface area contributed by atoms with Crippen LogP contribution in [0, 0.1) is 0 Å². The lowest BCUT2D eigenvalue weighted by Gasteiger charge is -2.34. The van der Waals surface area contributed by atoms with E-state index in [1.807, 2.05) is 4.90 Å². The van der Waals surface area contributed by atoms with Gasteiger partial charge in [-0.05, 0) is 18.2 Å². The Morgan fingerprint density at radius 1 is 1.16 bits per heavy atom. The van der Waals surface area contributed by atoms with Gasteiger partial charge in [-0.2, -0.15) is 4.98 Å². The first-order valence-electron chi connectivity index (χ1n) is 8.16. The largest absolute Gasteiger partial charge is 0.454 e. The summed E-state index contributed by atoms with van der Waals surface area (Å²) in [5, 5.41) is 3.90. The van der Waals surface area contributed by atoms with Crippen molar-refractivity contribution in [3.63, 3.8) is 0 Å². The molecule has 0 aliphatic carbocycles. The minimum Gasteiger partial charge on any atom is -0.454 e. The molecule has 25 heavy (non-hydrogen) atoms. The number of rotatable bonds is 4. The van der Waals surface area contributed by atoms with Gasteiger partial charge in [-0.25, -0.2) is 0 Å². The molecule has 3 heterocycles. The first-order chi connectivity index (χ1) is 12.2. The maximum atomic E-state index is 12.7. The minimum absolute atomic E-state index is 0.00271. The second-order valence-electron chi connectivity index (χ2n) is 5.94. The van der Waals surface area contributed by atoms with E-state index in [2.05, 4.69) is 15.0 Å². The second-order valence-corrected chi connectivity index (χ2v) is 5.94. The molecular formula is C16H19N5O4. The molecule has 0 unspecified atom stereocenters. The molecule has 0 atom stereocenters. The lowest BCUT2D eigenvalue weighted by molar-refractivity contribution is 0.0624. The van der Waals surface area contributed by atoms with E-state index in [9.17, 15) is 4.79 Å². The van der Waals surface area contributed by atoms with Crippen LogP contribution in [-0.2, 0) is 13.1 Å². The van der Waals surface area contributed by atoms with Crippen molar-refractivity contribution in [1.29, 1.82) is 0 Å². The normalized spacial score (nSPS) is 17.1. The molecule has 2 aromatic rings. The molecule has 132 valence electrons. The van der Waals surface area contributed by atoms with Crippen LogP contribution in [0.2, 0.25) is 0 Å². The van der Waals surface area contributed by atoms with Crippen molar-refractivity contribution in [2.24, 2.45) is 5.73 Å². The van der Waals surface area contributed by atoms with Gasteiger partial charge in [0.25, 0.3) is 5.91 Å². The number of fused-ring (bicyclic) bond motifs is 1. The predicted octanol–water partition coefficient (Wildman–Crippen LogP) is 0.215. The predicted molar refractivity (Wildman–Crippen MR) is 85.9 cm³/mol. The Balaban J connectivity index is 1.34. The molecule has 2 aliphatic heterocycles. The highest BCUT2D eigenvalue weighted by Crippen LogP contribution is 2.32. The van der Waals surface area contributed by atoms with Crippen LogP contribution in [0.1, 0.15) is 22.1 Å². The highest BCUT2D eigenvalue weighted by Gasteiger charge is 2.24. The SMILES string of the molecule is NCc1nc(CN2CCN(C(=O)c3ccc4c(c3)OCO4)CC2)no1. The van der Waals surface area contributed by atoms with Crippen LogP contribution in [0.4, 0.5) is 0 Å². The van der Waals surface area contributed by atoms with E-state index in [1.165, 1.54) is 0 Å². The summed E-state index contributed by atoms with van der Waals surface area (Å²) in [7, 11) is 0. The smallest absolute Gasteiger partial charge is 0.254 e. The molecule has 2 aliphatic rings. The van der Waals surface area contributed by atoms with E-state index in [-0.39, 0.29) is 19.2 Å². The van der Waals surface area contributed by atoms with Gasteiger partial charge in [-0.1, -0.05) is 5.16 Å². The van der Waals surface area contributed by atoms with Crippen LogP contribution in [0.3, 0.4) is 0 Å². The zero-order valence-corrected chi connectivity index (χ0v) is 13.7. The average molecular weight is 345 g/mol. The lowest BCUT2D eigenvalue weighted by atomic mass is 10.1. The Kier molecular flexibility index (Phi) is 4.24. The van der Waals surface area contributed by atoms with Gasteiger partial charge in [0.2, 0.25) is 12.7 Å². The third-order valence-corrected chi connectivity index (χ3v) is 4.33. The van der Waals surface area contributed by atoms with Crippen LogP contribution in [0.15, 0.2) is 22.7 Å². The summed E-state index contributed by atoms with van der Waals surface area (Å²) in [6.45, 7) is 3.84. The number of benzene rings is 1. The Morgan fingerprint density at radius 2 is 1.96 bits per heavy atom. The molecule has 1 aromatic heterocycles. The number of carbonyl (C=O) groups excluding carboxylic acids is 1. The van der Waals surface area contributed by atoms with E-state index in [0.717, 1.165) is 13.1 Å². The molecule has 9 heteroatoms. The van der Waals surface area contributed by atoms with E-state index in [4.69, 9.17) is 19.7 Å². The van der Waals surface area contributed by atoms with E-state index >= 15 is 0 Å². The number of piperazine rings is 1. The molecule has 0 saturated carbocycles. The highest BCUT2D eigenvalue weighted by atomic mass is 16.7. The van der Waals surface area contributed by atoms with E-state index in [0.29, 0.717) is 48.4 Å². The monoisotopic (exact) mass is 345 g/mol. The molecule has 0 bridgehead atoms. The Morgan fingerprint density at radius 3 is 2.72 bits per heavy atom. The van der Waals surface area contributed by atoms with Gasteiger partial charge in [-0.15, -0.1) is 0 Å². The lowest BCUT2D eigenvalue weighted by Crippen LogP contribution is -2.48. The molecule has 0 radical (unpaired) electrons. The van der Waals surface area contributed by atoms with Crippen LogP contribution >= 0.6 is 0 Å². The summed E-state index contributed by atoms with van der Waals surface area (Å²) in [6.07, 6.45) is 0. The Hall–Kier alpha value is -2.65. The van der Waals surface area contributed by atoms with Crippen molar-refractivity contribution in [3.05, 3.63) is 35.5 Å². The zero-order chi connectivity index (χ0) is 17.2. The standard InChI is InChI=1S/C16H19N5O4/c17-8-15-18-14(19-25-15)9-20-3-5-21(6-4-20)16(22)11-1-2-12-13(7-11)24-10-23-12/h1-2,7H,3-6,8-10,17H2. The fraction of sp³-hybridized carbons (Fsp3) is 0.438. The first kappa shape index (κ1) is 15.9. The van der Waals surface area contributed by atoms with Gasteiger partial charge in [0.15, 0.2) is 17.3 Å². The maximum Gasteiger partial charge on any atom is 0.254 e. The fourth-order valence-electron chi connectivity index (χ4n) is 2.96. The summed E-state index contributed by atoms with van der Waals surface area (Å²) in [6, 6.07) is 5.29. The molecule has 2 N–H and O–H groups in total. The van der Waals surface area contributed by atoms with Gasteiger partial charge in [0.05, 0.1) is 13.1 Å².